The number of aromatic nitrogens is 1. The van der Waals surface area contributed by atoms with E-state index in [1.54, 1.807) is 11.3 Å². The molecule has 124 valence electrons. The van der Waals surface area contributed by atoms with Gasteiger partial charge in [-0.05, 0) is 43.0 Å². The lowest BCUT2D eigenvalue weighted by Crippen LogP contribution is -2.15. The number of amides is 1. The van der Waals surface area contributed by atoms with Crippen LogP contribution in [0.4, 0.5) is 0 Å². The van der Waals surface area contributed by atoms with Crippen LogP contribution in [0.15, 0.2) is 41.4 Å². The van der Waals surface area contributed by atoms with Crippen LogP contribution < -0.4 is 4.80 Å². The molecule has 24 heavy (non-hydrogen) atoms. The van der Waals surface area contributed by atoms with Gasteiger partial charge in [0.05, 0.1) is 16.6 Å². The van der Waals surface area contributed by atoms with Gasteiger partial charge in [0.15, 0.2) is 4.80 Å². The fourth-order valence-corrected chi connectivity index (χ4v) is 4.06. The fraction of sp³-hybridized carbons (Fsp3) is 0.300. The number of thiazole rings is 1. The van der Waals surface area contributed by atoms with E-state index in [1.807, 2.05) is 25.5 Å². The van der Waals surface area contributed by atoms with Crippen LogP contribution in [0, 0.1) is 13.8 Å². The Morgan fingerprint density at radius 1 is 1.17 bits per heavy atom. The highest BCUT2D eigenvalue weighted by molar-refractivity contribution is 7.16. The summed E-state index contributed by atoms with van der Waals surface area (Å²) >= 11 is 1.58. The standard InChI is InChI=1S/C20H22N2OS/c1-5-15-7-6-8-17-19(15)22(4)20(24-17)21-18(23)12-16-11-13(2)9-10-14(16)3/h6-11H,5,12H2,1-4H3. The van der Waals surface area contributed by atoms with E-state index in [1.165, 1.54) is 21.3 Å². The number of carbonyl (C=O) groups excluding carboxylic acids is 1. The van der Waals surface area contributed by atoms with Crippen molar-refractivity contribution in [2.24, 2.45) is 12.0 Å². The first-order valence-electron chi connectivity index (χ1n) is 8.20. The minimum atomic E-state index is -0.0936. The molecule has 1 amide bonds. The quantitative estimate of drug-likeness (QED) is 0.708. The largest absolute Gasteiger partial charge is 0.319 e. The summed E-state index contributed by atoms with van der Waals surface area (Å²) in [6.07, 6.45) is 1.32. The predicted molar refractivity (Wildman–Crippen MR) is 100 cm³/mol. The Morgan fingerprint density at radius 2 is 1.96 bits per heavy atom. The molecular weight excluding hydrogens is 316 g/mol. The molecule has 3 aromatic rings. The first kappa shape index (κ1) is 16.7. The zero-order valence-electron chi connectivity index (χ0n) is 14.6. The molecule has 0 aliphatic carbocycles. The van der Waals surface area contributed by atoms with E-state index in [2.05, 4.69) is 48.3 Å². The Kier molecular flexibility index (Phi) is 4.67. The number of carbonyl (C=O) groups is 1. The maximum Gasteiger partial charge on any atom is 0.252 e. The summed E-state index contributed by atoms with van der Waals surface area (Å²) in [6, 6.07) is 12.5. The summed E-state index contributed by atoms with van der Waals surface area (Å²) < 4.78 is 3.22. The van der Waals surface area contributed by atoms with Gasteiger partial charge in [0.25, 0.3) is 5.91 Å². The normalized spacial score (nSPS) is 12.1. The Bertz CT molecular complexity index is 979. The zero-order chi connectivity index (χ0) is 17.3. The molecule has 0 spiro atoms. The molecule has 0 N–H and O–H groups in total. The van der Waals surface area contributed by atoms with Crippen molar-refractivity contribution in [3.8, 4) is 0 Å². The molecule has 3 nitrogen and oxygen atoms in total. The van der Waals surface area contributed by atoms with Gasteiger partial charge in [-0.2, -0.15) is 4.99 Å². The summed E-state index contributed by atoms with van der Waals surface area (Å²) in [7, 11) is 1.99. The molecule has 0 saturated heterocycles. The number of hydrogen-bond acceptors (Lipinski definition) is 2. The van der Waals surface area contributed by atoms with Crippen LogP contribution in [0.25, 0.3) is 10.2 Å². The average molecular weight is 338 g/mol. The third kappa shape index (κ3) is 3.20. The number of benzene rings is 2. The second-order valence-electron chi connectivity index (χ2n) is 6.17. The lowest BCUT2D eigenvalue weighted by Gasteiger charge is -2.04. The molecule has 1 heterocycles. The molecule has 0 aliphatic heterocycles. The molecule has 3 rings (SSSR count). The van der Waals surface area contributed by atoms with Crippen LogP contribution in [0.1, 0.15) is 29.2 Å². The number of para-hydroxylation sites is 1. The van der Waals surface area contributed by atoms with Crippen molar-refractivity contribution in [3.05, 3.63) is 63.5 Å². The third-order valence-corrected chi connectivity index (χ3v) is 5.45. The van der Waals surface area contributed by atoms with Gasteiger partial charge < -0.3 is 4.57 Å². The van der Waals surface area contributed by atoms with Crippen molar-refractivity contribution >= 4 is 27.5 Å². The SMILES string of the molecule is CCc1cccc2sc(=NC(=O)Cc3cc(C)ccc3C)n(C)c12. The Labute approximate surface area is 146 Å². The van der Waals surface area contributed by atoms with Crippen molar-refractivity contribution < 1.29 is 4.79 Å². The highest BCUT2D eigenvalue weighted by atomic mass is 32.1. The van der Waals surface area contributed by atoms with Gasteiger partial charge in [0, 0.05) is 7.05 Å². The van der Waals surface area contributed by atoms with Crippen molar-refractivity contribution in [1.82, 2.24) is 4.57 Å². The minimum absolute atomic E-state index is 0.0936. The molecule has 4 heteroatoms. The predicted octanol–water partition coefficient (Wildman–Crippen LogP) is 4.09. The average Bonchev–Trinajstić information content (AvgIpc) is 2.87. The van der Waals surface area contributed by atoms with Crippen LogP contribution in [-0.2, 0) is 24.7 Å². The highest BCUT2D eigenvalue weighted by Crippen LogP contribution is 2.21. The lowest BCUT2D eigenvalue weighted by molar-refractivity contribution is -0.117. The molecule has 2 aromatic carbocycles. The van der Waals surface area contributed by atoms with Crippen LogP contribution >= 0.6 is 11.3 Å². The van der Waals surface area contributed by atoms with E-state index in [-0.39, 0.29) is 5.91 Å². The second kappa shape index (κ2) is 6.73. The zero-order valence-corrected chi connectivity index (χ0v) is 15.4. The van der Waals surface area contributed by atoms with Gasteiger partial charge >= 0.3 is 0 Å². The first-order chi connectivity index (χ1) is 11.5. The number of fused-ring (bicyclic) bond motifs is 1. The van der Waals surface area contributed by atoms with Crippen molar-refractivity contribution in [1.29, 1.82) is 0 Å². The van der Waals surface area contributed by atoms with E-state index in [4.69, 9.17) is 0 Å². The first-order valence-corrected chi connectivity index (χ1v) is 9.02. The molecule has 0 saturated carbocycles. The van der Waals surface area contributed by atoms with E-state index < -0.39 is 0 Å². The van der Waals surface area contributed by atoms with E-state index in [0.717, 1.165) is 22.3 Å². The van der Waals surface area contributed by atoms with Crippen LogP contribution in [0.5, 0.6) is 0 Å². The Morgan fingerprint density at radius 3 is 2.71 bits per heavy atom. The summed E-state index contributed by atoms with van der Waals surface area (Å²) in [4.78, 5) is 17.6. The second-order valence-corrected chi connectivity index (χ2v) is 7.18. The van der Waals surface area contributed by atoms with Crippen molar-refractivity contribution in [2.45, 2.75) is 33.6 Å². The van der Waals surface area contributed by atoms with Crippen LogP contribution in [0.3, 0.4) is 0 Å². The minimum Gasteiger partial charge on any atom is -0.319 e. The summed E-state index contributed by atoms with van der Waals surface area (Å²) in [5.74, 6) is -0.0936. The molecule has 0 aliphatic rings. The molecule has 0 atom stereocenters. The van der Waals surface area contributed by atoms with E-state index in [9.17, 15) is 4.79 Å². The van der Waals surface area contributed by atoms with Crippen molar-refractivity contribution in [3.63, 3.8) is 0 Å². The van der Waals surface area contributed by atoms with Gasteiger partial charge in [-0.15, -0.1) is 0 Å². The summed E-state index contributed by atoms with van der Waals surface area (Å²) in [6.45, 7) is 6.23. The lowest BCUT2D eigenvalue weighted by atomic mass is 10.0. The van der Waals surface area contributed by atoms with Crippen molar-refractivity contribution in [2.75, 3.05) is 0 Å². The van der Waals surface area contributed by atoms with Crippen LogP contribution in [-0.4, -0.2) is 10.5 Å². The third-order valence-electron chi connectivity index (χ3n) is 4.35. The van der Waals surface area contributed by atoms with Gasteiger partial charge in [-0.25, -0.2) is 0 Å². The van der Waals surface area contributed by atoms with Gasteiger partial charge in [-0.3, -0.25) is 4.79 Å². The Hall–Kier alpha value is -2.20. The molecular formula is C20H22N2OS. The van der Waals surface area contributed by atoms with E-state index in [0.29, 0.717) is 6.42 Å². The Balaban J connectivity index is 1.99. The summed E-state index contributed by atoms with van der Waals surface area (Å²) in [5, 5.41) is 0. The topological polar surface area (TPSA) is 34.4 Å². The maximum atomic E-state index is 12.5. The number of rotatable bonds is 3. The molecule has 0 unspecified atom stereocenters. The van der Waals surface area contributed by atoms with Gasteiger partial charge in [-0.1, -0.05) is 54.2 Å². The maximum absolute atomic E-state index is 12.5. The smallest absolute Gasteiger partial charge is 0.252 e. The fourth-order valence-electron chi connectivity index (χ4n) is 2.98. The van der Waals surface area contributed by atoms with Crippen LogP contribution in [0.2, 0.25) is 0 Å². The highest BCUT2D eigenvalue weighted by Gasteiger charge is 2.09. The van der Waals surface area contributed by atoms with E-state index >= 15 is 0 Å². The molecule has 1 aromatic heterocycles. The summed E-state index contributed by atoms with van der Waals surface area (Å²) in [5.41, 5.74) is 5.83. The number of hydrogen-bond donors (Lipinski definition) is 0. The molecule has 0 bridgehead atoms. The molecule has 0 radical (unpaired) electrons. The number of aryl methyl sites for hydroxylation is 4. The van der Waals surface area contributed by atoms with Gasteiger partial charge in [0.1, 0.15) is 0 Å². The molecule has 0 fully saturated rings. The number of nitrogens with zero attached hydrogens (tertiary/aromatic N) is 2. The monoisotopic (exact) mass is 338 g/mol. The van der Waals surface area contributed by atoms with Gasteiger partial charge in [0.2, 0.25) is 0 Å².